The van der Waals surface area contributed by atoms with E-state index in [4.69, 9.17) is 14.5 Å². The normalized spacial score (nSPS) is 13.3. The van der Waals surface area contributed by atoms with Gasteiger partial charge in [0.25, 0.3) is 5.91 Å². The Kier molecular flexibility index (Phi) is 7.16. The molecule has 0 bridgehead atoms. The first-order valence-corrected chi connectivity index (χ1v) is 12.2. The third-order valence-corrected chi connectivity index (χ3v) is 6.34. The number of hydrogen-bond donors (Lipinski definition) is 1. The number of carbonyl (C=O) groups is 2. The van der Waals surface area contributed by atoms with Crippen molar-refractivity contribution >= 4 is 40.0 Å². The smallest absolute Gasteiger partial charge is 0.337 e. The molecule has 188 valence electrons. The number of nitrogens with one attached hydrogen (secondary N) is 1. The molecule has 3 aromatic carbocycles. The molecule has 0 atom stereocenters. The van der Waals surface area contributed by atoms with Gasteiger partial charge < -0.3 is 24.6 Å². The van der Waals surface area contributed by atoms with Gasteiger partial charge in [-0.15, -0.1) is 0 Å². The lowest BCUT2D eigenvalue weighted by Gasteiger charge is -2.36. The van der Waals surface area contributed by atoms with Crippen LogP contribution in [0, 0.1) is 0 Å². The number of aromatic nitrogens is 1. The molecule has 1 saturated heterocycles. The predicted molar refractivity (Wildman–Crippen MR) is 145 cm³/mol. The fourth-order valence-corrected chi connectivity index (χ4v) is 4.38. The molecule has 0 aliphatic carbocycles. The van der Waals surface area contributed by atoms with E-state index in [1.54, 1.807) is 24.3 Å². The van der Waals surface area contributed by atoms with Crippen molar-refractivity contribution < 1.29 is 19.1 Å². The van der Waals surface area contributed by atoms with Gasteiger partial charge in [0.2, 0.25) is 0 Å². The van der Waals surface area contributed by atoms with Crippen LogP contribution in [0.1, 0.15) is 10.4 Å². The van der Waals surface area contributed by atoms with E-state index in [0.29, 0.717) is 17.0 Å². The molecule has 1 aliphatic rings. The van der Waals surface area contributed by atoms with Crippen LogP contribution in [0.15, 0.2) is 84.9 Å². The standard InChI is InChI=1S/C29H28N4O4/c1-36-29(35)22-10-13-23(14-11-22)30-27(34)20-37-25-9-5-6-21-12-15-26(31-28(21)25)33-18-16-32(17-19-33)24-7-3-2-4-8-24/h2-15H,16-20H2,1H3,(H,30,34). The summed E-state index contributed by atoms with van der Waals surface area (Å²) >= 11 is 0. The Morgan fingerprint density at radius 3 is 2.30 bits per heavy atom. The fourth-order valence-electron chi connectivity index (χ4n) is 4.38. The number of rotatable bonds is 7. The summed E-state index contributed by atoms with van der Waals surface area (Å²) in [5, 5.41) is 3.72. The molecule has 1 fully saturated rings. The summed E-state index contributed by atoms with van der Waals surface area (Å²) < 4.78 is 10.6. The number of carbonyl (C=O) groups excluding carboxylic acids is 2. The van der Waals surface area contributed by atoms with E-state index in [1.807, 2.05) is 36.4 Å². The SMILES string of the molecule is COC(=O)c1ccc(NC(=O)COc2cccc3ccc(N4CCN(c5ccccc5)CC4)nc23)cc1. The summed E-state index contributed by atoms with van der Waals surface area (Å²) in [4.78, 5) is 33.6. The average Bonchev–Trinajstić information content (AvgIpc) is 2.96. The number of fused-ring (bicyclic) bond motifs is 1. The highest BCUT2D eigenvalue weighted by molar-refractivity contribution is 5.94. The summed E-state index contributed by atoms with van der Waals surface area (Å²) in [5.74, 6) is 0.711. The number of esters is 1. The highest BCUT2D eigenvalue weighted by Gasteiger charge is 2.19. The number of benzene rings is 3. The van der Waals surface area contributed by atoms with Crippen molar-refractivity contribution in [3.05, 3.63) is 90.5 Å². The van der Waals surface area contributed by atoms with Gasteiger partial charge in [-0.2, -0.15) is 0 Å². The number of methoxy groups -OCH3 is 1. The molecule has 2 heterocycles. The second-order valence-electron chi connectivity index (χ2n) is 8.71. The fraction of sp³-hybridized carbons (Fsp3) is 0.207. The molecule has 37 heavy (non-hydrogen) atoms. The molecule has 4 aromatic rings. The molecule has 0 radical (unpaired) electrons. The summed E-state index contributed by atoms with van der Waals surface area (Å²) in [6.07, 6.45) is 0. The first-order valence-electron chi connectivity index (χ1n) is 12.2. The number of para-hydroxylation sites is 2. The predicted octanol–water partition coefficient (Wildman–Crippen LogP) is 4.37. The maximum absolute atomic E-state index is 12.5. The van der Waals surface area contributed by atoms with Crippen LogP contribution >= 0.6 is 0 Å². The van der Waals surface area contributed by atoms with Gasteiger partial charge in [0.05, 0.1) is 12.7 Å². The third kappa shape index (κ3) is 5.64. The Morgan fingerprint density at radius 1 is 0.838 bits per heavy atom. The quantitative estimate of drug-likeness (QED) is 0.381. The lowest BCUT2D eigenvalue weighted by Crippen LogP contribution is -2.46. The minimum atomic E-state index is -0.429. The van der Waals surface area contributed by atoms with Crippen molar-refractivity contribution in [3.63, 3.8) is 0 Å². The van der Waals surface area contributed by atoms with E-state index in [0.717, 1.165) is 42.9 Å². The number of ether oxygens (including phenoxy) is 2. The van der Waals surface area contributed by atoms with Crippen LogP contribution in [-0.2, 0) is 9.53 Å². The summed E-state index contributed by atoms with van der Waals surface area (Å²) in [6, 6.07) is 26.7. The maximum atomic E-state index is 12.5. The van der Waals surface area contributed by atoms with Gasteiger partial charge >= 0.3 is 5.97 Å². The maximum Gasteiger partial charge on any atom is 0.337 e. The van der Waals surface area contributed by atoms with Crippen molar-refractivity contribution in [2.75, 3.05) is 55.0 Å². The second-order valence-corrected chi connectivity index (χ2v) is 8.71. The zero-order chi connectivity index (χ0) is 25.6. The molecule has 1 aromatic heterocycles. The van der Waals surface area contributed by atoms with Crippen LogP contribution in [0.2, 0.25) is 0 Å². The lowest BCUT2D eigenvalue weighted by atomic mass is 10.2. The highest BCUT2D eigenvalue weighted by Crippen LogP contribution is 2.27. The number of pyridine rings is 1. The molecule has 8 nitrogen and oxygen atoms in total. The molecular formula is C29H28N4O4. The van der Waals surface area contributed by atoms with E-state index in [-0.39, 0.29) is 12.5 Å². The monoisotopic (exact) mass is 496 g/mol. The zero-order valence-electron chi connectivity index (χ0n) is 20.6. The van der Waals surface area contributed by atoms with Gasteiger partial charge in [-0.05, 0) is 54.6 Å². The number of nitrogens with zero attached hydrogens (tertiary/aromatic N) is 3. The van der Waals surface area contributed by atoms with Crippen LogP contribution in [0.3, 0.4) is 0 Å². The van der Waals surface area contributed by atoms with Crippen LogP contribution < -0.4 is 19.9 Å². The zero-order valence-corrected chi connectivity index (χ0v) is 20.6. The first-order chi connectivity index (χ1) is 18.1. The first kappa shape index (κ1) is 24.1. The van der Waals surface area contributed by atoms with Gasteiger partial charge in [-0.25, -0.2) is 9.78 Å². The van der Waals surface area contributed by atoms with Gasteiger partial charge in [-0.3, -0.25) is 4.79 Å². The van der Waals surface area contributed by atoms with E-state index in [9.17, 15) is 9.59 Å². The second kappa shape index (κ2) is 11.0. The number of piperazine rings is 1. The summed E-state index contributed by atoms with van der Waals surface area (Å²) in [7, 11) is 1.33. The van der Waals surface area contributed by atoms with E-state index < -0.39 is 5.97 Å². The average molecular weight is 497 g/mol. The third-order valence-electron chi connectivity index (χ3n) is 6.34. The van der Waals surface area contributed by atoms with Gasteiger partial charge in [-0.1, -0.05) is 30.3 Å². The molecule has 5 rings (SSSR count). The molecule has 1 N–H and O–H groups in total. The summed E-state index contributed by atoms with van der Waals surface area (Å²) in [6.45, 7) is 3.41. The Morgan fingerprint density at radius 2 is 1.57 bits per heavy atom. The van der Waals surface area contributed by atoms with Crippen molar-refractivity contribution in [1.82, 2.24) is 4.98 Å². The molecular weight excluding hydrogens is 468 g/mol. The van der Waals surface area contributed by atoms with E-state index in [1.165, 1.54) is 12.8 Å². The molecule has 1 aliphatic heterocycles. The molecule has 8 heteroatoms. The highest BCUT2D eigenvalue weighted by atomic mass is 16.5. The van der Waals surface area contributed by atoms with Gasteiger partial charge in [0.15, 0.2) is 6.61 Å². The number of anilines is 3. The Balaban J connectivity index is 1.23. The van der Waals surface area contributed by atoms with Crippen LogP contribution in [0.4, 0.5) is 17.2 Å². The van der Waals surface area contributed by atoms with Crippen LogP contribution in [0.25, 0.3) is 10.9 Å². The van der Waals surface area contributed by atoms with Crippen molar-refractivity contribution in [2.45, 2.75) is 0 Å². The van der Waals surface area contributed by atoms with Crippen LogP contribution in [0.5, 0.6) is 5.75 Å². The van der Waals surface area contributed by atoms with Crippen molar-refractivity contribution in [3.8, 4) is 5.75 Å². The Bertz CT molecular complexity index is 1380. The Hall–Kier alpha value is -4.59. The van der Waals surface area contributed by atoms with Gasteiger partial charge in [0.1, 0.15) is 17.1 Å². The van der Waals surface area contributed by atoms with E-state index >= 15 is 0 Å². The minimum absolute atomic E-state index is 0.167. The molecule has 0 unspecified atom stereocenters. The number of amides is 1. The topological polar surface area (TPSA) is 84.0 Å². The van der Waals surface area contributed by atoms with Gasteiger partial charge in [0, 0.05) is 42.9 Å². The van der Waals surface area contributed by atoms with E-state index in [2.05, 4.69) is 39.4 Å². The minimum Gasteiger partial charge on any atom is -0.481 e. The van der Waals surface area contributed by atoms with Crippen LogP contribution in [-0.4, -0.2) is 56.8 Å². The number of hydrogen-bond acceptors (Lipinski definition) is 7. The molecule has 1 amide bonds. The Labute approximate surface area is 215 Å². The van der Waals surface area contributed by atoms with Crippen molar-refractivity contribution in [2.24, 2.45) is 0 Å². The summed E-state index contributed by atoms with van der Waals surface area (Å²) in [5.41, 5.74) is 2.94. The molecule has 0 saturated carbocycles. The van der Waals surface area contributed by atoms with Crippen molar-refractivity contribution in [1.29, 1.82) is 0 Å². The largest absolute Gasteiger partial charge is 0.481 e. The molecule has 0 spiro atoms. The lowest BCUT2D eigenvalue weighted by molar-refractivity contribution is -0.118.